The summed E-state index contributed by atoms with van der Waals surface area (Å²) >= 11 is 0. The molecule has 1 amide bonds. The summed E-state index contributed by atoms with van der Waals surface area (Å²) in [5.74, 6) is 1.86. The molecular weight excluding hydrogens is 354 g/mol. The number of aromatic nitrogens is 3. The summed E-state index contributed by atoms with van der Waals surface area (Å²) in [6, 6.07) is 5.78. The third-order valence-electron chi connectivity index (χ3n) is 6.00. The van der Waals surface area contributed by atoms with E-state index in [1.54, 1.807) is 6.20 Å². The van der Waals surface area contributed by atoms with Crippen molar-refractivity contribution in [3.8, 4) is 0 Å². The summed E-state index contributed by atoms with van der Waals surface area (Å²) < 4.78 is 1.98. The lowest BCUT2D eigenvalue weighted by Crippen LogP contribution is -2.39. The molecule has 0 saturated carbocycles. The Labute approximate surface area is 166 Å². The molecule has 1 N–H and O–H groups in total. The van der Waals surface area contributed by atoms with Crippen LogP contribution in [0.25, 0.3) is 0 Å². The number of anilines is 1. The molecule has 2 aromatic heterocycles. The number of carbonyl (C=O) groups excluding carboxylic acids is 1. The molecule has 1 atom stereocenters. The molecule has 4 heterocycles. The van der Waals surface area contributed by atoms with Crippen molar-refractivity contribution in [1.82, 2.24) is 19.7 Å². The van der Waals surface area contributed by atoms with E-state index in [9.17, 15) is 9.90 Å². The van der Waals surface area contributed by atoms with E-state index in [-0.39, 0.29) is 12.5 Å². The number of amides is 1. The molecule has 0 aliphatic carbocycles. The van der Waals surface area contributed by atoms with Crippen molar-refractivity contribution < 1.29 is 9.90 Å². The number of hydrogen-bond donors (Lipinski definition) is 1. The summed E-state index contributed by atoms with van der Waals surface area (Å²) in [6.45, 7) is 4.52. The highest BCUT2D eigenvalue weighted by molar-refractivity contribution is 5.94. The van der Waals surface area contributed by atoms with E-state index in [0.717, 1.165) is 64.2 Å². The minimum atomic E-state index is 0.0727. The summed E-state index contributed by atoms with van der Waals surface area (Å²) in [5.41, 5.74) is 0.657. The SMILES string of the molecule is O=C(c1ccc(N2CCC[C@H](CO)C2)nc1)N1CCC(Cn2cccn2)CC1. The third-order valence-corrected chi connectivity index (χ3v) is 6.00. The standard InChI is InChI=1S/C21H29N5O2/c27-16-18-3-1-9-25(14-18)20-5-4-19(13-22-20)21(28)24-11-6-17(7-12-24)15-26-10-2-8-23-26/h2,4-5,8,10,13,17-18,27H,1,3,6-7,9,11-12,14-16H2/t18-/m0/s1. The number of nitrogens with zero attached hydrogens (tertiary/aromatic N) is 5. The van der Waals surface area contributed by atoms with Gasteiger partial charge in [0.25, 0.3) is 5.91 Å². The first-order valence-electron chi connectivity index (χ1n) is 10.3. The van der Waals surface area contributed by atoms with E-state index < -0.39 is 0 Å². The minimum absolute atomic E-state index is 0.0727. The lowest BCUT2D eigenvalue weighted by Gasteiger charge is -2.33. The zero-order chi connectivity index (χ0) is 19.3. The van der Waals surface area contributed by atoms with Gasteiger partial charge in [0, 0.05) is 57.9 Å². The van der Waals surface area contributed by atoms with Crippen LogP contribution in [0.5, 0.6) is 0 Å². The minimum Gasteiger partial charge on any atom is -0.396 e. The molecule has 0 aromatic carbocycles. The molecule has 28 heavy (non-hydrogen) atoms. The second-order valence-corrected chi connectivity index (χ2v) is 8.01. The molecule has 150 valence electrons. The van der Waals surface area contributed by atoms with Crippen molar-refractivity contribution in [1.29, 1.82) is 0 Å². The van der Waals surface area contributed by atoms with Gasteiger partial charge in [0.15, 0.2) is 0 Å². The van der Waals surface area contributed by atoms with Gasteiger partial charge in [-0.1, -0.05) is 0 Å². The highest BCUT2D eigenvalue weighted by atomic mass is 16.3. The molecule has 7 nitrogen and oxygen atoms in total. The molecule has 2 aliphatic rings. The van der Waals surface area contributed by atoms with Gasteiger partial charge >= 0.3 is 0 Å². The molecule has 2 saturated heterocycles. The van der Waals surface area contributed by atoms with E-state index >= 15 is 0 Å². The summed E-state index contributed by atoms with van der Waals surface area (Å²) in [7, 11) is 0. The maximum absolute atomic E-state index is 12.8. The molecular formula is C21H29N5O2. The third kappa shape index (κ3) is 4.35. The Balaban J connectivity index is 1.31. The quantitative estimate of drug-likeness (QED) is 0.855. The van der Waals surface area contributed by atoms with Crippen LogP contribution in [0.4, 0.5) is 5.82 Å². The second-order valence-electron chi connectivity index (χ2n) is 8.01. The maximum atomic E-state index is 12.8. The van der Waals surface area contributed by atoms with Crippen molar-refractivity contribution >= 4 is 11.7 Å². The van der Waals surface area contributed by atoms with Crippen LogP contribution < -0.4 is 4.90 Å². The van der Waals surface area contributed by atoms with E-state index in [1.165, 1.54) is 0 Å². The van der Waals surface area contributed by atoms with Crippen LogP contribution in [0.15, 0.2) is 36.8 Å². The van der Waals surface area contributed by atoms with Gasteiger partial charge in [-0.3, -0.25) is 9.48 Å². The van der Waals surface area contributed by atoms with Crippen molar-refractivity contribution in [3.63, 3.8) is 0 Å². The van der Waals surface area contributed by atoms with Gasteiger partial charge in [-0.2, -0.15) is 5.10 Å². The molecule has 2 aliphatic heterocycles. The highest BCUT2D eigenvalue weighted by Crippen LogP contribution is 2.23. The first-order chi connectivity index (χ1) is 13.7. The Hall–Kier alpha value is -2.41. The van der Waals surface area contributed by atoms with Crippen molar-refractivity contribution in [2.75, 3.05) is 37.7 Å². The fourth-order valence-corrected chi connectivity index (χ4v) is 4.30. The van der Waals surface area contributed by atoms with Gasteiger partial charge in [0.2, 0.25) is 0 Å². The van der Waals surface area contributed by atoms with E-state index in [0.29, 0.717) is 17.4 Å². The van der Waals surface area contributed by atoms with Gasteiger partial charge < -0.3 is 14.9 Å². The van der Waals surface area contributed by atoms with Crippen molar-refractivity contribution in [2.45, 2.75) is 32.2 Å². The number of aliphatic hydroxyl groups is 1. The highest BCUT2D eigenvalue weighted by Gasteiger charge is 2.25. The van der Waals surface area contributed by atoms with Crippen LogP contribution in [0.2, 0.25) is 0 Å². The first kappa shape index (κ1) is 18.9. The lowest BCUT2D eigenvalue weighted by atomic mass is 9.96. The lowest BCUT2D eigenvalue weighted by molar-refractivity contribution is 0.0681. The number of hydrogen-bond acceptors (Lipinski definition) is 5. The van der Waals surface area contributed by atoms with Crippen molar-refractivity contribution in [3.05, 3.63) is 42.4 Å². The monoisotopic (exact) mass is 383 g/mol. The summed E-state index contributed by atoms with van der Waals surface area (Å²) in [5, 5.41) is 13.7. The molecule has 7 heteroatoms. The molecule has 0 bridgehead atoms. The molecule has 0 radical (unpaired) electrons. The average molecular weight is 383 g/mol. The molecule has 0 spiro atoms. The van der Waals surface area contributed by atoms with E-state index in [4.69, 9.17) is 0 Å². The second kappa shape index (κ2) is 8.73. The number of rotatable bonds is 5. The van der Waals surface area contributed by atoms with Gasteiger partial charge in [-0.25, -0.2) is 4.98 Å². The maximum Gasteiger partial charge on any atom is 0.255 e. The Morgan fingerprint density at radius 3 is 2.68 bits per heavy atom. The number of carbonyl (C=O) groups is 1. The van der Waals surface area contributed by atoms with Gasteiger partial charge in [0.05, 0.1) is 5.56 Å². The van der Waals surface area contributed by atoms with Crippen molar-refractivity contribution in [2.24, 2.45) is 11.8 Å². The number of pyridine rings is 1. The number of likely N-dealkylation sites (tertiary alicyclic amines) is 1. The van der Waals surface area contributed by atoms with Gasteiger partial charge in [-0.15, -0.1) is 0 Å². The Morgan fingerprint density at radius 2 is 2.00 bits per heavy atom. The number of aliphatic hydroxyl groups excluding tert-OH is 1. The van der Waals surface area contributed by atoms with E-state index in [1.807, 2.05) is 40.2 Å². The summed E-state index contributed by atoms with van der Waals surface area (Å²) in [6.07, 6.45) is 9.66. The van der Waals surface area contributed by atoms with Crippen LogP contribution in [0.3, 0.4) is 0 Å². The predicted molar refractivity (Wildman–Crippen MR) is 107 cm³/mol. The smallest absolute Gasteiger partial charge is 0.255 e. The van der Waals surface area contributed by atoms with Crippen LogP contribution in [0.1, 0.15) is 36.0 Å². The molecule has 2 aromatic rings. The zero-order valence-electron chi connectivity index (χ0n) is 16.3. The van der Waals surface area contributed by atoms with Gasteiger partial charge in [0.1, 0.15) is 5.82 Å². The van der Waals surface area contributed by atoms with Crippen LogP contribution >= 0.6 is 0 Å². The Bertz CT molecular complexity index is 754. The molecule has 4 rings (SSSR count). The largest absolute Gasteiger partial charge is 0.396 e. The fourth-order valence-electron chi connectivity index (χ4n) is 4.30. The zero-order valence-corrected chi connectivity index (χ0v) is 16.3. The van der Waals surface area contributed by atoms with Gasteiger partial charge in [-0.05, 0) is 55.7 Å². The van der Waals surface area contributed by atoms with Crippen LogP contribution in [-0.2, 0) is 6.54 Å². The van der Waals surface area contributed by atoms with Crippen LogP contribution in [0, 0.1) is 11.8 Å². The molecule has 0 unspecified atom stereocenters. The summed E-state index contributed by atoms with van der Waals surface area (Å²) in [4.78, 5) is 21.5. The molecule has 2 fully saturated rings. The Morgan fingerprint density at radius 1 is 1.14 bits per heavy atom. The normalized spacial score (nSPS) is 21.1. The first-order valence-corrected chi connectivity index (χ1v) is 10.3. The number of piperidine rings is 2. The van der Waals surface area contributed by atoms with E-state index in [2.05, 4.69) is 15.0 Å². The topological polar surface area (TPSA) is 74.5 Å². The van der Waals surface area contributed by atoms with Crippen LogP contribution in [-0.4, -0.2) is 63.5 Å². The Kier molecular flexibility index (Phi) is 5.90. The fraction of sp³-hybridized carbons (Fsp3) is 0.571. The predicted octanol–water partition coefficient (Wildman–Crippen LogP) is 2.04. The average Bonchev–Trinajstić information content (AvgIpc) is 3.27.